The van der Waals surface area contributed by atoms with Gasteiger partial charge in [-0.3, -0.25) is 0 Å². The Kier molecular flexibility index (Phi) is 3.74. The van der Waals surface area contributed by atoms with Crippen LogP contribution in [0.15, 0.2) is 30.3 Å². The van der Waals surface area contributed by atoms with Crippen LogP contribution in [0, 0.1) is 30.2 Å². The molecule has 2 aromatic rings. The molecule has 0 saturated carbocycles. The fourth-order valence-corrected chi connectivity index (χ4v) is 1.60. The maximum atomic E-state index is 13.3. The molecule has 5 heteroatoms. The zero-order valence-corrected chi connectivity index (χ0v) is 10.0. The highest BCUT2D eigenvalue weighted by Crippen LogP contribution is 2.27. The molecule has 0 aromatic heterocycles. The second-order valence-electron chi connectivity index (χ2n) is 4.01. The highest BCUT2D eigenvalue weighted by Gasteiger charge is 2.20. The molecular formula is C14H10F4O. The van der Waals surface area contributed by atoms with Gasteiger partial charge in [-0.2, -0.15) is 8.78 Å². The predicted molar refractivity (Wildman–Crippen MR) is 61.8 cm³/mol. The first-order valence-corrected chi connectivity index (χ1v) is 5.51. The molecule has 2 rings (SSSR count). The Morgan fingerprint density at radius 3 is 2.11 bits per heavy atom. The van der Waals surface area contributed by atoms with Crippen molar-refractivity contribution in [3.8, 4) is 5.75 Å². The Bertz CT molecular complexity index is 584. The van der Waals surface area contributed by atoms with Gasteiger partial charge in [0.25, 0.3) is 0 Å². The van der Waals surface area contributed by atoms with E-state index in [9.17, 15) is 17.6 Å². The van der Waals surface area contributed by atoms with Gasteiger partial charge in [-0.1, -0.05) is 24.3 Å². The molecule has 0 aliphatic carbocycles. The van der Waals surface area contributed by atoms with E-state index in [1.807, 2.05) is 0 Å². The maximum absolute atomic E-state index is 13.3. The smallest absolute Gasteiger partial charge is 0.203 e. The zero-order valence-electron chi connectivity index (χ0n) is 10.0. The van der Waals surface area contributed by atoms with Crippen LogP contribution in [0.2, 0.25) is 0 Å². The van der Waals surface area contributed by atoms with E-state index in [2.05, 4.69) is 0 Å². The molecule has 0 atom stereocenters. The summed E-state index contributed by atoms with van der Waals surface area (Å²) in [5, 5.41) is 0. The van der Waals surface area contributed by atoms with Gasteiger partial charge < -0.3 is 4.74 Å². The van der Waals surface area contributed by atoms with E-state index in [0.29, 0.717) is 5.56 Å². The fourth-order valence-electron chi connectivity index (χ4n) is 1.60. The van der Waals surface area contributed by atoms with E-state index in [1.54, 1.807) is 31.2 Å². The van der Waals surface area contributed by atoms with E-state index in [-0.39, 0.29) is 12.7 Å². The van der Waals surface area contributed by atoms with E-state index < -0.39 is 29.0 Å². The molecule has 0 radical (unpaired) electrons. The summed E-state index contributed by atoms with van der Waals surface area (Å²) >= 11 is 0. The Hall–Kier alpha value is -2.04. The average Bonchev–Trinajstić information content (AvgIpc) is 2.38. The second kappa shape index (κ2) is 5.30. The first kappa shape index (κ1) is 13.4. The number of aryl methyl sites for hydroxylation is 1. The number of hydrogen-bond donors (Lipinski definition) is 0. The lowest BCUT2D eigenvalue weighted by Crippen LogP contribution is -2.04. The molecule has 19 heavy (non-hydrogen) atoms. The summed E-state index contributed by atoms with van der Waals surface area (Å²) in [5.41, 5.74) is 1.52. The van der Waals surface area contributed by atoms with Crippen molar-refractivity contribution in [2.24, 2.45) is 0 Å². The van der Waals surface area contributed by atoms with Crippen LogP contribution in [0.3, 0.4) is 0 Å². The fraction of sp³-hybridized carbons (Fsp3) is 0.143. The van der Waals surface area contributed by atoms with Crippen LogP contribution < -0.4 is 4.74 Å². The van der Waals surface area contributed by atoms with Gasteiger partial charge in [-0.25, -0.2) is 8.78 Å². The molecule has 0 bridgehead atoms. The molecule has 0 amide bonds. The summed E-state index contributed by atoms with van der Waals surface area (Å²) in [5.74, 6) is -7.09. The Labute approximate surface area is 107 Å². The predicted octanol–water partition coefficient (Wildman–Crippen LogP) is 4.13. The Balaban J connectivity index is 2.28. The summed E-state index contributed by atoms with van der Waals surface area (Å²) in [7, 11) is 0. The molecule has 0 aliphatic heterocycles. The van der Waals surface area contributed by atoms with Gasteiger partial charge in [-0.05, 0) is 18.1 Å². The zero-order chi connectivity index (χ0) is 14.0. The monoisotopic (exact) mass is 270 g/mol. The maximum Gasteiger partial charge on any atom is 0.203 e. The minimum absolute atomic E-state index is 0.144. The van der Waals surface area contributed by atoms with Crippen LogP contribution in [-0.2, 0) is 6.61 Å². The molecule has 0 fully saturated rings. The molecule has 2 aromatic carbocycles. The van der Waals surface area contributed by atoms with Gasteiger partial charge in [0.2, 0.25) is 11.6 Å². The minimum Gasteiger partial charge on any atom is -0.483 e. The topological polar surface area (TPSA) is 9.23 Å². The summed E-state index contributed by atoms with van der Waals surface area (Å²) in [4.78, 5) is 0. The van der Waals surface area contributed by atoms with Gasteiger partial charge in [0, 0.05) is 6.07 Å². The van der Waals surface area contributed by atoms with Crippen molar-refractivity contribution in [2.45, 2.75) is 13.5 Å². The number of hydrogen-bond acceptors (Lipinski definition) is 1. The number of halogens is 4. The number of rotatable bonds is 3. The van der Waals surface area contributed by atoms with Crippen molar-refractivity contribution < 1.29 is 22.3 Å². The largest absolute Gasteiger partial charge is 0.483 e. The number of benzene rings is 2. The van der Waals surface area contributed by atoms with Crippen LogP contribution >= 0.6 is 0 Å². The summed E-state index contributed by atoms with van der Waals surface area (Å²) in [6.45, 7) is 1.61. The third-order valence-electron chi connectivity index (χ3n) is 2.70. The van der Waals surface area contributed by atoms with Gasteiger partial charge >= 0.3 is 0 Å². The van der Waals surface area contributed by atoms with Crippen molar-refractivity contribution in [1.82, 2.24) is 0 Å². The standard InChI is InChI=1S/C14H10F4O/c1-8-4-2-3-5-9(8)7-19-14-12(17)10(15)6-11(16)13(14)18/h2-6H,7H2,1H3. The van der Waals surface area contributed by atoms with Crippen molar-refractivity contribution in [1.29, 1.82) is 0 Å². The molecular weight excluding hydrogens is 260 g/mol. The molecule has 0 unspecified atom stereocenters. The van der Waals surface area contributed by atoms with Crippen LogP contribution in [0.1, 0.15) is 11.1 Å². The number of ether oxygens (including phenoxy) is 1. The highest BCUT2D eigenvalue weighted by molar-refractivity contribution is 5.30. The molecule has 1 nitrogen and oxygen atoms in total. The lowest BCUT2D eigenvalue weighted by molar-refractivity contribution is 0.261. The quantitative estimate of drug-likeness (QED) is 0.602. The molecule has 0 aliphatic rings. The highest BCUT2D eigenvalue weighted by atomic mass is 19.2. The molecule has 0 spiro atoms. The first-order chi connectivity index (χ1) is 9.00. The second-order valence-corrected chi connectivity index (χ2v) is 4.01. The Morgan fingerprint density at radius 1 is 0.947 bits per heavy atom. The Morgan fingerprint density at radius 2 is 1.53 bits per heavy atom. The van der Waals surface area contributed by atoms with Crippen LogP contribution in [0.5, 0.6) is 5.75 Å². The van der Waals surface area contributed by atoms with Crippen molar-refractivity contribution >= 4 is 0 Å². The van der Waals surface area contributed by atoms with Gasteiger partial charge in [0.15, 0.2) is 17.4 Å². The van der Waals surface area contributed by atoms with Crippen LogP contribution in [0.4, 0.5) is 17.6 Å². The third-order valence-corrected chi connectivity index (χ3v) is 2.70. The average molecular weight is 270 g/mol. The van der Waals surface area contributed by atoms with Gasteiger partial charge in [0.1, 0.15) is 6.61 Å². The van der Waals surface area contributed by atoms with Crippen LogP contribution in [-0.4, -0.2) is 0 Å². The minimum atomic E-state index is -1.53. The molecule has 0 N–H and O–H groups in total. The van der Waals surface area contributed by atoms with E-state index in [0.717, 1.165) is 5.56 Å². The lowest BCUT2D eigenvalue weighted by atomic mass is 10.1. The van der Waals surface area contributed by atoms with E-state index in [4.69, 9.17) is 4.74 Å². The van der Waals surface area contributed by atoms with Gasteiger partial charge in [-0.15, -0.1) is 0 Å². The normalized spacial score (nSPS) is 10.6. The molecule has 100 valence electrons. The van der Waals surface area contributed by atoms with Gasteiger partial charge in [0.05, 0.1) is 0 Å². The lowest BCUT2D eigenvalue weighted by Gasteiger charge is -2.10. The van der Waals surface area contributed by atoms with E-state index in [1.165, 1.54) is 0 Å². The summed E-state index contributed by atoms with van der Waals surface area (Å²) < 4.78 is 57.5. The summed E-state index contributed by atoms with van der Waals surface area (Å²) in [6.07, 6.45) is 0. The molecule has 0 saturated heterocycles. The first-order valence-electron chi connectivity index (χ1n) is 5.51. The summed E-state index contributed by atoms with van der Waals surface area (Å²) in [6, 6.07) is 7.15. The van der Waals surface area contributed by atoms with Crippen molar-refractivity contribution in [2.75, 3.05) is 0 Å². The van der Waals surface area contributed by atoms with E-state index >= 15 is 0 Å². The molecule has 0 heterocycles. The van der Waals surface area contributed by atoms with Crippen molar-refractivity contribution in [3.05, 3.63) is 64.7 Å². The SMILES string of the molecule is Cc1ccccc1COc1c(F)c(F)cc(F)c1F. The third kappa shape index (κ3) is 2.70. The van der Waals surface area contributed by atoms with Crippen LogP contribution in [0.25, 0.3) is 0 Å². The van der Waals surface area contributed by atoms with Crippen molar-refractivity contribution in [3.63, 3.8) is 0 Å².